The molecule has 0 saturated heterocycles. The standard InChI is InChI=1S/C16H16BrNO3S/c1-18(2)16(19)13-5-3-4-12(10-13)11-22(20,21)15-8-6-14(17)7-9-15/h3-10H,11H2,1-2H3. The molecule has 22 heavy (non-hydrogen) atoms. The average Bonchev–Trinajstić information content (AvgIpc) is 2.46. The quantitative estimate of drug-likeness (QED) is 0.817. The lowest BCUT2D eigenvalue weighted by Crippen LogP contribution is -2.21. The van der Waals surface area contributed by atoms with Crippen molar-refractivity contribution < 1.29 is 13.2 Å². The lowest BCUT2D eigenvalue weighted by Gasteiger charge is -2.11. The summed E-state index contributed by atoms with van der Waals surface area (Å²) in [4.78, 5) is 13.7. The van der Waals surface area contributed by atoms with Crippen LogP contribution < -0.4 is 0 Å². The van der Waals surface area contributed by atoms with Gasteiger partial charge in [-0.15, -0.1) is 0 Å². The second-order valence-electron chi connectivity index (χ2n) is 5.11. The molecule has 0 atom stereocenters. The molecule has 2 aromatic rings. The smallest absolute Gasteiger partial charge is 0.253 e. The van der Waals surface area contributed by atoms with Crippen molar-refractivity contribution >= 4 is 31.7 Å². The fourth-order valence-corrected chi connectivity index (χ4v) is 3.60. The van der Waals surface area contributed by atoms with Gasteiger partial charge in [0, 0.05) is 24.1 Å². The van der Waals surface area contributed by atoms with Crippen molar-refractivity contribution in [2.45, 2.75) is 10.6 Å². The van der Waals surface area contributed by atoms with Gasteiger partial charge in [0.15, 0.2) is 9.84 Å². The Morgan fingerprint density at radius 1 is 1.09 bits per heavy atom. The minimum Gasteiger partial charge on any atom is -0.345 e. The Labute approximate surface area is 138 Å². The Bertz CT molecular complexity index is 783. The van der Waals surface area contributed by atoms with Gasteiger partial charge in [-0.05, 0) is 42.0 Å². The van der Waals surface area contributed by atoms with Crippen LogP contribution in [-0.2, 0) is 15.6 Å². The number of rotatable bonds is 4. The molecule has 6 heteroatoms. The maximum absolute atomic E-state index is 12.4. The molecular weight excluding hydrogens is 366 g/mol. The number of nitrogens with zero attached hydrogens (tertiary/aromatic N) is 1. The van der Waals surface area contributed by atoms with Crippen molar-refractivity contribution in [1.29, 1.82) is 0 Å². The number of benzene rings is 2. The lowest BCUT2D eigenvalue weighted by molar-refractivity contribution is 0.0827. The van der Waals surface area contributed by atoms with Crippen LogP contribution in [-0.4, -0.2) is 33.3 Å². The monoisotopic (exact) mass is 381 g/mol. The second-order valence-corrected chi connectivity index (χ2v) is 8.02. The Balaban J connectivity index is 2.28. The second kappa shape index (κ2) is 6.62. The van der Waals surface area contributed by atoms with Crippen molar-refractivity contribution in [3.05, 3.63) is 64.1 Å². The first-order valence-electron chi connectivity index (χ1n) is 6.58. The van der Waals surface area contributed by atoms with E-state index in [-0.39, 0.29) is 16.6 Å². The van der Waals surface area contributed by atoms with E-state index in [2.05, 4.69) is 15.9 Å². The molecule has 4 nitrogen and oxygen atoms in total. The maximum atomic E-state index is 12.4. The molecule has 0 heterocycles. The van der Waals surface area contributed by atoms with Crippen LogP contribution in [0.5, 0.6) is 0 Å². The van der Waals surface area contributed by atoms with E-state index in [0.29, 0.717) is 11.1 Å². The molecule has 0 aliphatic heterocycles. The first-order valence-corrected chi connectivity index (χ1v) is 9.03. The Kier molecular flexibility index (Phi) is 5.03. The molecule has 0 saturated carbocycles. The van der Waals surface area contributed by atoms with E-state index < -0.39 is 9.84 Å². The van der Waals surface area contributed by atoms with E-state index in [1.54, 1.807) is 62.6 Å². The van der Waals surface area contributed by atoms with Gasteiger partial charge in [-0.2, -0.15) is 0 Å². The van der Waals surface area contributed by atoms with E-state index >= 15 is 0 Å². The van der Waals surface area contributed by atoms with Gasteiger partial charge in [0.2, 0.25) is 0 Å². The largest absolute Gasteiger partial charge is 0.345 e. The Morgan fingerprint density at radius 2 is 1.73 bits per heavy atom. The third-order valence-electron chi connectivity index (χ3n) is 3.11. The lowest BCUT2D eigenvalue weighted by atomic mass is 10.1. The molecule has 0 aliphatic carbocycles. The summed E-state index contributed by atoms with van der Waals surface area (Å²) in [5.74, 6) is -0.286. The molecule has 2 aromatic carbocycles. The van der Waals surface area contributed by atoms with Crippen LogP contribution in [0.1, 0.15) is 15.9 Å². The predicted octanol–water partition coefficient (Wildman–Crippen LogP) is 3.12. The van der Waals surface area contributed by atoms with Crippen LogP contribution in [0.3, 0.4) is 0 Å². The van der Waals surface area contributed by atoms with Crippen LogP contribution in [0.25, 0.3) is 0 Å². The third kappa shape index (κ3) is 3.96. The molecule has 0 spiro atoms. The molecule has 2 rings (SSSR count). The predicted molar refractivity (Wildman–Crippen MR) is 89.5 cm³/mol. The molecule has 0 unspecified atom stereocenters. The number of hydrogen-bond acceptors (Lipinski definition) is 3. The van der Waals surface area contributed by atoms with E-state index in [9.17, 15) is 13.2 Å². The van der Waals surface area contributed by atoms with Gasteiger partial charge >= 0.3 is 0 Å². The summed E-state index contributed by atoms with van der Waals surface area (Å²) < 4.78 is 25.7. The van der Waals surface area contributed by atoms with Gasteiger partial charge in [0.1, 0.15) is 0 Å². The zero-order valence-electron chi connectivity index (χ0n) is 12.3. The fraction of sp³-hybridized carbons (Fsp3) is 0.188. The van der Waals surface area contributed by atoms with Crippen LogP contribution in [0, 0.1) is 0 Å². The van der Waals surface area contributed by atoms with Crippen molar-refractivity contribution in [3.63, 3.8) is 0 Å². The zero-order chi connectivity index (χ0) is 16.3. The molecule has 116 valence electrons. The van der Waals surface area contributed by atoms with E-state index in [1.807, 2.05) is 0 Å². The number of carbonyl (C=O) groups is 1. The number of amides is 1. The molecule has 0 N–H and O–H groups in total. The SMILES string of the molecule is CN(C)C(=O)c1cccc(CS(=O)(=O)c2ccc(Br)cc2)c1. The van der Waals surface area contributed by atoms with Gasteiger partial charge < -0.3 is 4.90 Å². The molecule has 0 fully saturated rings. The number of carbonyl (C=O) groups excluding carboxylic acids is 1. The summed E-state index contributed by atoms with van der Waals surface area (Å²) in [6, 6.07) is 13.2. The number of sulfone groups is 1. The summed E-state index contributed by atoms with van der Waals surface area (Å²) in [6.07, 6.45) is 0. The van der Waals surface area contributed by atoms with Crippen molar-refractivity contribution in [2.24, 2.45) is 0 Å². The van der Waals surface area contributed by atoms with Gasteiger partial charge in [-0.1, -0.05) is 28.1 Å². The first-order chi connectivity index (χ1) is 10.3. The Hall–Kier alpha value is -1.66. The van der Waals surface area contributed by atoms with Crippen LogP contribution in [0.2, 0.25) is 0 Å². The molecule has 0 aliphatic rings. The summed E-state index contributed by atoms with van der Waals surface area (Å²) in [7, 11) is -0.118. The number of hydrogen-bond donors (Lipinski definition) is 0. The van der Waals surface area contributed by atoms with Crippen molar-refractivity contribution in [3.8, 4) is 0 Å². The van der Waals surface area contributed by atoms with Crippen LogP contribution in [0.15, 0.2) is 57.9 Å². The minimum atomic E-state index is -3.44. The van der Waals surface area contributed by atoms with Crippen LogP contribution >= 0.6 is 15.9 Å². The molecule has 1 amide bonds. The molecule has 0 aromatic heterocycles. The van der Waals surface area contributed by atoms with Gasteiger partial charge in [0.05, 0.1) is 10.6 Å². The highest BCUT2D eigenvalue weighted by atomic mass is 79.9. The van der Waals surface area contributed by atoms with Crippen LogP contribution in [0.4, 0.5) is 0 Å². The zero-order valence-corrected chi connectivity index (χ0v) is 14.7. The summed E-state index contributed by atoms with van der Waals surface area (Å²) in [5, 5.41) is 0. The first kappa shape index (κ1) is 16.7. The average molecular weight is 382 g/mol. The normalized spacial score (nSPS) is 11.2. The maximum Gasteiger partial charge on any atom is 0.253 e. The summed E-state index contributed by atoms with van der Waals surface area (Å²) in [5.41, 5.74) is 1.07. The number of halogens is 1. The molecule has 0 radical (unpaired) electrons. The Morgan fingerprint density at radius 3 is 2.32 bits per heavy atom. The van der Waals surface area contributed by atoms with E-state index in [0.717, 1.165) is 4.47 Å². The summed E-state index contributed by atoms with van der Waals surface area (Å²) in [6.45, 7) is 0. The fourth-order valence-electron chi connectivity index (χ4n) is 2.00. The van der Waals surface area contributed by atoms with E-state index in [4.69, 9.17) is 0 Å². The summed E-state index contributed by atoms with van der Waals surface area (Å²) >= 11 is 3.28. The highest BCUT2D eigenvalue weighted by molar-refractivity contribution is 9.10. The van der Waals surface area contributed by atoms with E-state index in [1.165, 1.54) is 4.90 Å². The van der Waals surface area contributed by atoms with Crippen molar-refractivity contribution in [2.75, 3.05) is 14.1 Å². The van der Waals surface area contributed by atoms with Gasteiger partial charge in [-0.25, -0.2) is 8.42 Å². The van der Waals surface area contributed by atoms with Crippen molar-refractivity contribution in [1.82, 2.24) is 4.90 Å². The highest BCUT2D eigenvalue weighted by Gasteiger charge is 2.16. The molecular formula is C16H16BrNO3S. The minimum absolute atomic E-state index is 0.136. The third-order valence-corrected chi connectivity index (χ3v) is 5.34. The van der Waals surface area contributed by atoms with Gasteiger partial charge in [-0.3, -0.25) is 4.79 Å². The van der Waals surface area contributed by atoms with Gasteiger partial charge in [0.25, 0.3) is 5.91 Å². The molecule has 0 bridgehead atoms. The topological polar surface area (TPSA) is 54.5 Å². The highest BCUT2D eigenvalue weighted by Crippen LogP contribution is 2.20.